The van der Waals surface area contributed by atoms with Crippen molar-refractivity contribution in [2.24, 2.45) is 5.41 Å². The third-order valence-electron chi connectivity index (χ3n) is 4.01. The summed E-state index contributed by atoms with van der Waals surface area (Å²) in [6.07, 6.45) is 1.99. The van der Waals surface area contributed by atoms with E-state index in [9.17, 15) is 14.4 Å². The maximum Gasteiger partial charge on any atom is 0.339 e. The van der Waals surface area contributed by atoms with Crippen molar-refractivity contribution in [3.63, 3.8) is 0 Å². The molecule has 0 unspecified atom stereocenters. The number of ether oxygens (including phenoxy) is 1. The van der Waals surface area contributed by atoms with Crippen LogP contribution in [0.25, 0.3) is 0 Å². The number of rotatable bonds is 8. The third-order valence-corrected chi connectivity index (χ3v) is 5.83. The first-order chi connectivity index (χ1) is 13.7. The maximum absolute atomic E-state index is 12.4. The molecule has 0 fully saturated rings. The summed E-state index contributed by atoms with van der Waals surface area (Å²) in [4.78, 5) is 38.4. The smallest absolute Gasteiger partial charge is 0.339 e. The monoisotopic (exact) mass is 431 g/mol. The molecule has 154 valence electrons. The van der Waals surface area contributed by atoms with Gasteiger partial charge in [-0.2, -0.15) is 0 Å². The summed E-state index contributed by atoms with van der Waals surface area (Å²) in [7, 11) is 0. The number of carbonyl (C=O) groups excluding carboxylic acids is 3. The molecule has 29 heavy (non-hydrogen) atoms. The van der Waals surface area contributed by atoms with Gasteiger partial charge in [0.25, 0.3) is 0 Å². The summed E-state index contributed by atoms with van der Waals surface area (Å²) in [5.41, 5.74) is 0.499. The van der Waals surface area contributed by atoms with Crippen molar-refractivity contribution in [3.8, 4) is 0 Å². The lowest BCUT2D eigenvalue weighted by atomic mass is 9.91. The first-order valence-corrected chi connectivity index (χ1v) is 11.3. The highest BCUT2D eigenvalue weighted by atomic mass is 32.2. The van der Waals surface area contributed by atoms with Gasteiger partial charge in [0.1, 0.15) is 0 Å². The first kappa shape index (κ1) is 23.0. The quantitative estimate of drug-likeness (QED) is 0.473. The highest BCUT2D eigenvalue weighted by Gasteiger charge is 2.23. The Hall–Kier alpha value is -2.25. The standard InChI is InChI=1S/C22H25NO4S2/c1-22(2,3)19(24)13-27-21(26)17-7-5-6-8-18(17)29-14-20(25)23-15-9-11-16(28-4)12-10-15/h5-12H,13-14H2,1-4H3,(H,23,25). The van der Waals surface area contributed by atoms with Crippen molar-refractivity contribution >= 4 is 46.9 Å². The summed E-state index contributed by atoms with van der Waals surface area (Å²) >= 11 is 2.88. The Labute approximate surface area is 180 Å². The molecule has 0 aliphatic rings. The van der Waals surface area contributed by atoms with Gasteiger partial charge >= 0.3 is 5.97 Å². The van der Waals surface area contributed by atoms with E-state index in [1.165, 1.54) is 11.8 Å². The molecule has 1 N–H and O–H groups in total. The fourth-order valence-electron chi connectivity index (χ4n) is 2.20. The lowest BCUT2D eigenvalue weighted by Gasteiger charge is -2.16. The van der Waals surface area contributed by atoms with E-state index < -0.39 is 11.4 Å². The Kier molecular flexibility index (Phi) is 8.34. The van der Waals surface area contributed by atoms with Crippen LogP contribution in [0.4, 0.5) is 5.69 Å². The van der Waals surface area contributed by atoms with Gasteiger partial charge in [0.05, 0.1) is 11.3 Å². The summed E-state index contributed by atoms with van der Waals surface area (Å²) in [6.45, 7) is 5.06. The molecule has 2 aromatic carbocycles. The number of ketones is 1. The van der Waals surface area contributed by atoms with Gasteiger partial charge in [-0.1, -0.05) is 32.9 Å². The number of hydrogen-bond donors (Lipinski definition) is 1. The van der Waals surface area contributed by atoms with Gasteiger partial charge in [0.15, 0.2) is 12.4 Å². The number of hydrogen-bond acceptors (Lipinski definition) is 6. The average Bonchev–Trinajstić information content (AvgIpc) is 2.70. The minimum atomic E-state index is -0.571. The van der Waals surface area contributed by atoms with Crippen LogP contribution in [0, 0.1) is 5.41 Å². The summed E-state index contributed by atoms with van der Waals surface area (Å²) in [5, 5.41) is 2.84. The Balaban J connectivity index is 1.94. The second kappa shape index (κ2) is 10.5. The van der Waals surface area contributed by atoms with Gasteiger partial charge in [-0.25, -0.2) is 4.79 Å². The predicted octanol–water partition coefficient (Wildman–Crippen LogP) is 4.91. The number of thioether (sulfide) groups is 2. The van der Waals surface area contributed by atoms with Crippen molar-refractivity contribution in [1.82, 2.24) is 0 Å². The second-order valence-electron chi connectivity index (χ2n) is 7.31. The van der Waals surface area contributed by atoms with Crippen molar-refractivity contribution in [2.75, 3.05) is 23.9 Å². The lowest BCUT2D eigenvalue weighted by Crippen LogP contribution is -2.26. The topological polar surface area (TPSA) is 72.5 Å². The van der Waals surface area contributed by atoms with E-state index in [2.05, 4.69) is 5.32 Å². The van der Waals surface area contributed by atoms with Crippen molar-refractivity contribution in [1.29, 1.82) is 0 Å². The Morgan fingerprint density at radius 3 is 2.28 bits per heavy atom. The molecule has 2 aromatic rings. The molecule has 5 nitrogen and oxygen atoms in total. The molecule has 7 heteroatoms. The van der Waals surface area contributed by atoms with Crippen LogP contribution in [0.5, 0.6) is 0 Å². The summed E-state index contributed by atoms with van der Waals surface area (Å²) in [5.74, 6) is -0.741. The van der Waals surface area contributed by atoms with Gasteiger partial charge in [-0.15, -0.1) is 23.5 Å². The summed E-state index contributed by atoms with van der Waals surface area (Å²) in [6, 6.07) is 14.5. The molecule has 0 aliphatic carbocycles. The third kappa shape index (κ3) is 7.25. The Bertz CT molecular complexity index is 873. The highest BCUT2D eigenvalue weighted by molar-refractivity contribution is 8.00. The van der Waals surface area contributed by atoms with Gasteiger partial charge in [0, 0.05) is 20.9 Å². The van der Waals surface area contributed by atoms with Gasteiger partial charge < -0.3 is 10.1 Å². The van der Waals surface area contributed by atoms with E-state index in [1.807, 2.05) is 30.5 Å². The number of benzene rings is 2. The van der Waals surface area contributed by atoms with Gasteiger partial charge in [0.2, 0.25) is 5.91 Å². The zero-order valence-electron chi connectivity index (χ0n) is 17.0. The zero-order valence-corrected chi connectivity index (χ0v) is 18.6. The van der Waals surface area contributed by atoms with Crippen LogP contribution >= 0.6 is 23.5 Å². The normalized spacial score (nSPS) is 11.0. The molecule has 0 atom stereocenters. The first-order valence-electron chi connectivity index (χ1n) is 9.07. The lowest BCUT2D eigenvalue weighted by molar-refractivity contribution is -0.129. The van der Waals surface area contributed by atoms with E-state index in [-0.39, 0.29) is 24.1 Å². The molecule has 0 saturated carbocycles. The zero-order chi connectivity index (χ0) is 21.4. The molecular weight excluding hydrogens is 406 g/mol. The second-order valence-corrected chi connectivity index (χ2v) is 9.21. The number of Topliss-reactive ketones (excluding diaryl/α,β-unsaturated/α-hetero) is 1. The molecule has 0 saturated heterocycles. The van der Waals surface area contributed by atoms with Gasteiger partial charge in [-0.3, -0.25) is 9.59 Å². The van der Waals surface area contributed by atoms with E-state index in [4.69, 9.17) is 4.74 Å². The molecule has 0 spiro atoms. The van der Waals surface area contributed by atoms with E-state index in [0.717, 1.165) is 10.6 Å². The van der Waals surface area contributed by atoms with Crippen LogP contribution in [0.1, 0.15) is 31.1 Å². The molecule has 0 heterocycles. The minimum Gasteiger partial charge on any atom is -0.454 e. The van der Waals surface area contributed by atoms with Crippen LogP contribution in [-0.4, -0.2) is 36.3 Å². The molecule has 0 aromatic heterocycles. The number of nitrogens with one attached hydrogen (secondary N) is 1. The molecule has 0 bridgehead atoms. The number of amides is 1. The number of carbonyl (C=O) groups is 3. The van der Waals surface area contributed by atoms with Crippen LogP contribution in [0.15, 0.2) is 58.3 Å². The molecule has 2 rings (SSSR count). The van der Waals surface area contributed by atoms with E-state index >= 15 is 0 Å². The Morgan fingerprint density at radius 2 is 1.66 bits per heavy atom. The fraction of sp³-hybridized carbons (Fsp3) is 0.318. The molecule has 0 aliphatic heterocycles. The average molecular weight is 432 g/mol. The van der Waals surface area contributed by atoms with E-state index in [0.29, 0.717) is 10.5 Å². The largest absolute Gasteiger partial charge is 0.454 e. The molecule has 1 amide bonds. The van der Waals surface area contributed by atoms with Crippen molar-refractivity contribution < 1.29 is 19.1 Å². The Morgan fingerprint density at radius 1 is 1.00 bits per heavy atom. The van der Waals surface area contributed by atoms with Crippen LogP contribution in [0.3, 0.4) is 0 Å². The molecule has 0 radical (unpaired) electrons. The van der Waals surface area contributed by atoms with Crippen LogP contribution < -0.4 is 5.32 Å². The van der Waals surface area contributed by atoms with Crippen molar-refractivity contribution in [2.45, 2.75) is 30.6 Å². The highest BCUT2D eigenvalue weighted by Crippen LogP contribution is 2.24. The minimum absolute atomic E-state index is 0.148. The van der Waals surface area contributed by atoms with Crippen molar-refractivity contribution in [3.05, 3.63) is 54.1 Å². The van der Waals surface area contributed by atoms with Crippen LogP contribution in [0.2, 0.25) is 0 Å². The van der Waals surface area contributed by atoms with Crippen LogP contribution in [-0.2, 0) is 14.3 Å². The SMILES string of the molecule is CSc1ccc(NC(=O)CSc2ccccc2C(=O)OCC(=O)C(C)(C)C)cc1. The van der Waals surface area contributed by atoms with Gasteiger partial charge in [-0.05, 0) is 42.7 Å². The molecular formula is C22H25NO4S2. The number of anilines is 1. The summed E-state index contributed by atoms with van der Waals surface area (Å²) < 4.78 is 5.18. The van der Waals surface area contributed by atoms with E-state index in [1.54, 1.807) is 56.8 Å². The fourth-order valence-corrected chi connectivity index (χ4v) is 3.45. The number of esters is 1. The maximum atomic E-state index is 12.4. The predicted molar refractivity (Wildman–Crippen MR) is 119 cm³/mol.